The summed E-state index contributed by atoms with van der Waals surface area (Å²) in [5.74, 6) is -0.880. The van der Waals surface area contributed by atoms with E-state index in [0.717, 1.165) is 83.5 Å². The second kappa shape index (κ2) is 57.9. The summed E-state index contributed by atoms with van der Waals surface area (Å²) >= 11 is 0. The zero-order valence-electron chi connectivity index (χ0n) is 46.1. The van der Waals surface area contributed by atoms with Crippen molar-refractivity contribution >= 4 is 17.9 Å². The van der Waals surface area contributed by atoms with Crippen molar-refractivity contribution < 1.29 is 28.6 Å². The van der Waals surface area contributed by atoms with Crippen LogP contribution < -0.4 is 0 Å². The summed E-state index contributed by atoms with van der Waals surface area (Å²) in [5.41, 5.74) is 0. The largest absolute Gasteiger partial charge is 0.462 e. The highest BCUT2D eigenvalue weighted by Gasteiger charge is 2.19. The van der Waals surface area contributed by atoms with Crippen LogP contribution in [0, 0.1) is 0 Å². The molecule has 402 valence electrons. The first-order valence-corrected chi connectivity index (χ1v) is 30.1. The first-order chi connectivity index (χ1) is 34.0. The van der Waals surface area contributed by atoms with Gasteiger partial charge in [0.05, 0.1) is 0 Å². The van der Waals surface area contributed by atoms with Gasteiger partial charge in [0.1, 0.15) is 13.2 Å². The fourth-order valence-electron chi connectivity index (χ4n) is 8.70. The van der Waals surface area contributed by atoms with Crippen LogP contribution in [0.1, 0.15) is 316 Å². The fraction of sp³-hybridized carbons (Fsp3) is 0.825. The Hall–Kier alpha value is -2.63. The molecule has 0 heterocycles. The molecular weight excluding hydrogens is 853 g/mol. The predicted octanol–water partition coefficient (Wildman–Crippen LogP) is 20.2. The molecule has 0 spiro atoms. The zero-order chi connectivity index (χ0) is 50.0. The van der Waals surface area contributed by atoms with Crippen LogP contribution in [-0.4, -0.2) is 37.2 Å². The summed E-state index contributed by atoms with van der Waals surface area (Å²) in [7, 11) is 0. The van der Waals surface area contributed by atoms with E-state index in [-0.39, 0.29) is 31.1 Å². The van der Waals surface area contributed by atoms with Crippen LogP contribution in [0.4, 0.5) is 0 Å². The Kier molecular flexibility index (Phi) is 55.7. The van der Waals surface area contributed by atoms with E-state index >= 15 is 0 Å². The summed E-state index contributed by atoms with van der Waals surface area (Å²) in [4.78, 5) is 38.2. The average Bonchev–Trinajstić information content (AvgIpc) is 3.35. The minimum atomic E-state index is -0.780. The number of rotatable bonds is 55. The van der Waals surface area contributed by atoms with Crippen LogP contribution in [0.5, 0.6) is 0 Å². The smallest absolute Gasteiger partial charge is 0.306 e. The lowest BCUT2D eigenvalue weighted by molar-refractivity contribution is -0.167. The molecule has 0 aliphatic rings. The van der Waals surface area contributed by atoms with Crippen molar-refractivity contribution in [2.45, 2.75) is 322 Å². The van der Waals surface area contributed by atoms with Gasteiger partial charge in [0.25, 0.3) is 0 Å². The SMILES string of the molecule is CCCCC/C=C\C/C=C\CCCCCCCCCC(=O)OC[C@H](COC(=O)CCCCCCCCCCCCC/C=C\CCCCCCCC)OC(=O)CCCCCCC/C=C\CCCCCC. The van der Waals surface area contributed by atoms with E-state index in [4.69, 9.17) is 14.2 Å². The lowest BCUT2D eigenvalue weighted by Crippen LogP contribution is -2.30. The molecule has 0 amide bonds. The number of esters is 3. The van der Waals surface area contributed by atoms with Crippen LogP contribution in [0.15, 0.2) is 48.6 Å². The van der Waals surface area contributed by atoms with Crippen LogP contribution in [0.3, 0.4) is 0 Å². The molecule has 0 saturated heterocycles. The molecule has 0 aromatic heterocycles. The Morgan fingerprint density at radius 1 is 0.290 bits per heavy atom. The van der Waals surface area contributed by atoms with Gasteiger partial charge in [0, 0.05) is 19.3 Å². The quantitative estimate of drug-likeness (QED) is 0.0262. The second-order valence-corrected chi connectivity index (χ2v) is 20.2. The van der Waals surface area contributed by atoms with Gasteiger partial charge in [0.15, 0.2) is 6.10 Å². The normalized spacial score (nSPS) is 12.3. The van der Waals surface area contributed by atoms with E-state index in [1.807, 2.05) is 0 Å². The molecule has 0 aromatic carbocycles. The molecule has 0 radical (unpaired) electrons. The van der Waals surface area contributed by atoms with Crippen molar-refractivity contribution in [2.24, 2.45) is 0 Å². The van der Waals surface area contributed by atoms with E-state index < -0.39 is 6.10 Å². The molecule has 0 saturated carbocycles. The van der Waals surface area contributed by atoms with Crippen molar-refractivity contribution in [1.82, 2.24) is 0 Å². The molecule has 0 rings (SSSR count). The minimum absolute atomic E-state index is 0.0775. The topological polar surface area (TPSA) is 78.9 Å². The number of allylic oxidation sites excluding steroid dienone is 8. The Morgan fingerprint density at radius 3 is 0.855 bits per heavy atom. The van der Waals surface area contributed by atoms with Gasteiger partial charge in [-0.3, -0.25) is 14.4 Å². The maximum absolute atomic E-state index is 12.8. The van der Waals surface area contributed by atoms with E-state index in [9.17, 15) is 14.4 Å². The van der Waals surface area contributed by atoms with Crippen molar-refractivity contribution in [1.29, 1.82) is 0 Å². The van der Waals surface area contributed by atoms with E-state index in [2.05, 4.69) is 69.4 Å². The molecule has 0 aromatic rings. The molecule has 0 bridgehead atoms. The third kappa shape index (κ3) is 56.2. The number of carbonyl (C=O) groups excluding carboxylic acids is 3. The minimum Gasteiger partial charge on any atom is -0.462 e. The molecule has 0 unspecified atom stereocenters. The average molecular weight is 968 g/mol. The lowest BCUT2D eigenvalue weighted by atomic mass is 10.0. The van der Waals surface area contributed by atoms with E-state index in [0.29, 0.717) is 19.3 Å². The van der Waals surface area contributed by atoms with Gasteiger partial charge in [0.2, 0.25) is 0 Å². The third-order valence-corrected chi connectivity index (χ3v) is 13.3. The van der Waals surface area contributed by atoms with Gasteiger partial charge in [-0.15, -0.1) is 0 Å². The van der Waals surface area contributed by atoms with Crippen LogP contribution >= 0.6 is 0 Å². The zero-order valence-corrected chi connectivity index (χ0v) is 46.1. The highest BCUT2D eigenvalue weighted by atomic mass is 16.6. The highest BCUT2D eigenvalue weighted by molar-refractivity contribution is 5.71. The molecule has 6 nitrogen and oxygen atoms in total. The van der Waals surface area contributed by atoms with Gasteiger partial charge in [-0.1, -0.05) is 243 Å². The molecule has 0 fully saturated rings. The molecule has 0 aliphatic heterocycles. The van der Waals surface area contributed by atoms with Gasteiger partial charge in [-0.25, -0.2) is 0 Å². The van der Waals surface area contributed by atoms with Crippen LogP contribution in [0.25, 0.3) is 0 Å². The Morgan fingerprint density at radius 2 is 0.522 bits per heavy atom. The molecule has 6 heteroatoms. The standard InChI is InChI=1S/C63H114O6/c1-4-7-10-13-16-19-22-25-27-29-30-31-32-34-36-39-41-44-47-50-53-56-62(65)68-59-60(69-63(66)57-54-51-48-45-42-37-24-21-18-15-12-9-6-3)58-67-61(64)55-52-49-46-43-40-38-35-33-28-26-23-20-17-14-11-8-5-2/h17,20-21,24-28,60H,4-16,18-19,22-23,29-59H2,1-3H3/b20-17-,24-21-,27-25-,28-26-/t60-/m1/s1. The van der Waals surface area contributed by atoms with Gasteiger partial charge in [-0.05, 0) is 103 Å². The van der Waals surface area contributed by atoms with Gasteiger partial charge < -0.3 is 14.2 Å². The predicted molar refractivity (Wildman–Crippen MR) is 298 cm³/mol. The Bertz CT molecular complexity index is 1200. The van der Waals surface area contributed by atoms with Gasteiger partial charge in [-0.2, -0.15) is 0 Å². The first kappa shape index (κ1) is 66.4. The van der Waals surface area contributed by atoms with Crippen LogP contribution in [-0.2, 0) is 28.6 Å². The van der Waals surface area contributed by atoms with Crippen molar-refractivity contribution in [3.8, 4) is 0 Å². The third-order valence-electron chi connectivity index (χ3n) is 13.3. The monoisotopic (exact) mass is 967 g/mol. The van der Waals surface area contributed by atoms with Gasteiger partial charge >= 0.3 is 17.9 Å². The number of hydrogen-bond donors (Lipinski definition) is 0. The maximum Gasteiger partial charge on any atom is 0.306 e. The number of carbonyl (C=O) groups is 3. The van der Waals surface area contributed by atoms with Crippen LogP contribution in [0.2, 0.25) is 0 Å². The molecule has 0 N–H and O–H groups in total. The van der Waals surface area contributed by atoms with Crippen molar-refractivity contribution in [2.75, 3.05) is 13.2 Å². The van der Waals surface area contributed by atoms with E-state index in [1.165, 1.54) is 193 Å². The van der Waals surface area contributed by atoms with Crippen molar-refractivity contribution in [3.63, 3.8) is 0 Å². The second-order valence-electron chi connectivity index (χ2n) is 20.2. The first-order valence-electron chi connectivity index (χ1n) is 30.1. The summed E-state index contributed by atoms with van der Waals surface area (Å²) in [6.07, 6.45) is 71.0. The van der Waals surface area contributed by atoms with E-state index in [1.54, 1.807) is 0 Å². The highest BCUT2D eigenvalue weighted by Crippen LogP contribution is 2.16. The van der Waals surface area contributed by atoms with Crippen molar-refractivity contribution in [3.05, 3.63) is 48.6 Å². The maximum atomic E-state index is 12.8. The number of unbranched alkanes of at least 4 members (excludes halogenated alkanes) is 36. The number of ether oxygens (including phenoxy) is 3. The lowest BCUT2D eigenvalue weighted by Gasteiger charge is -2.18. The summed E-state index contributed by atoms with van der Waals surface area (Å²) in [6.45, 7) is 6.62. The Labute approximate surface area is 428 Å². The summed E-state index contributed by atoms with van der Waals surface area (Å²) in [5, 5.41) is 0. The fourth-order valence-corrected chi connectivity index (χ4v) is 8.70. The summed E-state index contributed by atoms with van der Waals surface area (Å²) in [6, 6.07) is 0. The molecular formula is C63H114O6. The summed E-state index contributed by atoms with van der Waals surface area (Å²) < 4.78 is 16.9. The molecule has 69 heavy (non-hydrogen) atoms. The number of hydrogen-bond acceptors (Lipinski definition) is 6. The Balaban J connectivity index is 4.31. The molecule has 1 atom stereocenters. The molecule has 0 aliphatic carbocycles.